The van der Waals surface area contributed by atoms with Gasteiger partial charge in [-0.05, 0) is 0 Å². The van der Waals surface area contributed by atoms with Crippen LogP contribution < -0.4 is 5.32 Å². The molecule has 0 spiro atoms. The van der Waals surface area contributed by atoms with Gasteiger partial charge >= 0.3 is 0 Å². The van der Waals surface area contributed by atoms with Gasteiger partial charge in [0, 0.05) is 13.2 Å². The zero-order valence-electron chi connectivity index (χ0n) is 7.30. The summed E-state index contributed by atoms with van der Waals surface area (Å²) in [5.74, 6) is -0.450. The molecule has 0 fully saturated rings. The van der Waals surface area contributed by atoms with E-state index >= 15 is 0 Å². The van der Waals surface area contributed by atoms with E-state index in [1.54, 1.807) is 0 Å². The molecular weight excluding hydrogens is 186 g/mol. The van der Waals surface area contributed by atoms with Gasteiger partial charge in [0.05, 0.1) is 0 Å². The molecule has 0 aromatic carbocycles. The van der Waals surface area contributed by atoms with Gasteiger partial charge in [-0.2, -0.15) is 14.6 Å². The third-order valence-electron chi connectivity index (χ3n) is 1.75. The molecule has 72 valence electrons. The van der Waals surface area contributed by atoms with Crippen molar-refractivity contribution in [3.05, 3.63) is 18.1 Å². The third-order valence-corrected chi connectivity index (χ3v) is 1.75. The van der Waals surface area contributed by atoms with E-state index < -0.39 is 5.91 Å². The second kappa shape index (κ2) is 2.95. The van der Waals surface area contributed by atoms with Crippen LogP contribution in [0, 0.1) is 0 Å². The van der Waals surface area contributed by atoms with Crippen LogP contribution in [0.1, 0.15) is 10.4 Å². The lowest BCUT2D eigenvalue weighted by molar-refractivity contribution is 0.0959. The number of hydrogen-bond donors (Lipinski definition) is 2. The van der Waals surface area contributed by atoms with Gasteiger partial charge in [-0.25, -0.2) is 4.98 Å². The fourth-order valence-electron chi connectivity index (χ4n) is 1.06. The molecule has 2 N–H and O–H groups in total. The lowest BCUT2D eigenvalue weighted by Gasteiger charge is -2.02. The Morgan fingerprint density at radius 3 is 3.07 bits per heavy atom. The van der Waals surface area contributed by atoms with Crippen molar-refractivity contribution in [1.82, 2.24) is 24.9 Å². The van der Waals surface area contributed by atoms with E-state index in [-0.39, 0.29) is 17.2 Å². The molecule has 7 nitrogen and oxygen atoms in total. The molecule has 2 aromatic heterocycles. The zero-order valence-corrected chi connectivity index (χ0v) is 7.30. The maximum Gasteiger partial charge on any atom is 0.258 e. The van der Waals surface area contributed by atoms with Crippen molar-refractivity contribution in [2.75, 3.05) is 7.05 Å². The largest absolute Gasteiger partial charge is 0.493 e. The zero-order chi connectivity index (χ0) is 10.1. The molecule has 1 amide bonds. The topological polar surface area (TPSA) is 92.4 Å². The monoisotopic (exact) mass is 193 g/mol. The summed E-state index contributed by atoms with van der Waals surface area (Å²) in [6, 6.07) is 0. The van der Waals surface area contributed by atoms with Crippen LogP contribution in [0.25, 0.3) is 5.78 Å². The first-order valence-corrected chi connectivity index (χ1v) is 3.84. The molecule has 0 bridgehead atoms. The Bertz CT molecular complexity index is 492. The van der Waals surface area contributed by atoms with E-state index in [4.69, 9.17) is 0 Å². The summed E-state index contributed by atoms with van der Waals surface area (Å²) in [5, 5.41) is 15.7. The highest BCUT2D eigenvalue weighted by Crippen LogP contribution is 2.14. The van der Waals surface area contributed by atoms with Gasteiger partial charge in [0.2, 0.25) is 5.88 Å². The maximum atomic E-state index is 11.2. The van der Waals surface area contributed by atoms with E-state index in [2.05, 4.69) is 20.4 Å². The number of fused-ring (bicyclic) bond motifs is 1. The Morgan fingerprint density at radius 2 is 2.36 bits per heavy atom. The number of rotatable bonds is 1. The van der Waals surface area contributed by atoms with Gasteiger partial charge in [0.15, 0.2) is 0 Å². The summed E-state index contributed by atoms with van der Waals surface area (Å²) in [4.78, 5) is 18.8. The molecule has 0 aliphatic heterocycles. The first-order chi connectivity index (χ1) is 6.74. The summed E-state index contributed by atoms with van der Waals surface area (Å²) in [6.45, 7) is 0. The number of carbonyl (C=O) groups excluding carboxylic acids is 1. The van der Waals surface area contributed by atoms with Crippen LogP contribution in [0.3, 0.4) is 0 Å². The maximum absolute atomic E-state index is 11.2. The van der Waals surface area contributed by atoms with Crippen LogP contribution in [-0.2, 0) is 0 Å². The van der Waals surface area contributed by atoms with Crippen LogP contribution in [0.2, 0.25) is 0 Å². The molecule has 0 radical (unpaired) electrons. The average molecular weight is 193 g/mol. The Morgan fingerprint density at radius 1 is 1.57 bits per heavy atom. The molecule has 0 saturated carbocycles. The Kier molecular flexibility index (Phi) is 1.77. The number of aromatic nitrogens is 4. The lowest BCUT2D eigenvalue weighted by atomic mass is 10.3. The van der Waals surface area contributed by atoms with E-state index in [9.17, 15) is 9.90 Å². The molecule has 7 heteroatoms. The van der Waals surface area contributed by atoms with E-state index in [0.717, 1.165) is 4.52 Å². The van der Waals surface area contributed by atoms with E-state index in [1.165, 1.54) is 19.6 Å². The first-order valence-electron chi connectivity index (χ1n) is 3.84. The first kappa shape index (κ1) is 8.42. The van der Waals surface area contributed by atoms with Gasteiger partial charge in [-0.3, -0.25) is 4.79 Å². The van der Waals surface area contributed by atoms with Gasteiger partial charge in [0.25, 0.3) is 11.7 Å². The number of amides is 1. The SMILES string of the molecule is CNC(=O)c1cnc2ncnn2c1O. The minimum Gasteiger partial charge on any atom is -0.493 e. The predicted molar refractivity (Wildman–Crippen MR) is 45.8 cm³/mol. The number of aromatic hydroxyl groups is 1. The summed E-state index contributed by atoms with van der Waals surface area (Å²) in [6.07, 6.45) is 2.49. The van der Waals surface area contributed by atoms with Crippen molar-refractivity contribution in [1.29, 1.82) is 0 Å². The predicted octanol–water partition coefficient (Wildman–Crippen LogP) is -0.810. The van der Waals surface area contributed by atoms with Crippen LogP contribution in [-0.4, -0.2) is 37.6 Å². The van der Waals surface area contributed by atoms with Gasteiger partial charge < -0.3 is 10.4 Å². The summed E-state index contributed by atoms with van der Waals surface area (Å²) < 4.78 is 1.09. The molecule has 2 rings (SSSR count). The minimum atomic E-state index is -0.424. The second-order valence-corrected chi connectivity index (χ2v) is 2.55. The van der Waals surface area contributed by atoms with Gasteiger partial charge in [0.1, 0.15) is 11.9 Å². The van der Waals surface area contributed by atoms with Gasteiger partial charge in [-0.1, -0.05) is 0 Å². The van der Waals surface area contributed by atoms with Crippen molar-refractivity contribution in [2.45, 2.75) is 0 Å². The molecular formula is C7H7N5O2. The number of hydrogen-bond acceptors (Lipinski definition) is 5. The van der Waals surface area contributed by atoms with Crippen molar-refractivity contribution in [3.63, 3.8) is 0 Å². The standard InChI is InChI=1S/C7H7N5O2/c1-8-5(13)4-2-9-7-10-3-11-12(7)6(4)14/h2-3,14H,1H3,(H,8,13). The fraction of sp³-hybridized carbons (Fsp3) is 0.143. The highest BCUT2D eigenvalue weighted by Gasteiger charge is 2.14. The minimum absolute atomic E-state index is 0.0606. The van der Waals surface area contributed by atoms with E-state index in [0.29, 0.717) is 0 Å². The summed E-state index contributed by atoms with van der Waals surface area (Å²) in [7, 11) is 1.47. The molecule has 0 saturated heterocycles. The number of nitrogens with one attached hydrogen (secondary N) is 1. The molecule has 2 heterocycles. The summed E-state index contributed by atoms with van der Waals surface area (Å²) in [5.41, 5.74) is 0.0606. The third kappa shape index (κ3) is 1.06. The van der Waals surface area contributed by atoms with Crippen LogP contribution in [0.15, 0.2) is 12.5 Å². The Balaban J connectivity index is 2.67. The van der Waals surface area contributed by atoms with Crippen molar-refractivity contribution >= 4 is 11.7 Å². The number of carbonyl (C=O) groups is 1. The van der Waals surface area contributed by atoms with Crippen LogP contribution in [0.4, 0.5) is 0 Å². The van der Waals surface area contributed by atoms with Crippen LogP contribution >= 0.6 is 0 Å². The van der Waals surface area contributed by atoms with Crippen molar-refractivity contribution in [2.24, 2.45) is 0 Å². The smallest absolute Gasteiger partial charge is 0.258 e. The van der Waals surface area contributed by atoms with Gasteiger partial charge in [-0.15, -0.1) is 0 Å². The Hall–Kier alpha value is -2.18. The molecule has 0 aliphatic rings. The second-order valence-electron chi connectivity index (χ2n) is 2.55. The molecule has 0 unspecified atom stereocenters. The van der Waals surface area contributed by atoms with Crippen molar-refractivity contribution < 1.29 is 9.90 Å². The van der Waals surface area contributed by atoms with E-state index in [1.807, 2.05) is 0 Å². The lowest BCUT2D eigenvalue weighted by Crippen LogP contribution is -2.19. The quantitative estimate of drug-likeness (QED) is 0.617. The molecule has 14 heavy (non-hydrogen) atoms. The highest BCUT2D eigenvalue weighted by atomic mass is 16.3. The van der Waals surface area contributed by atoms with Crippen LogP contribution in [0.5, 0.6) is 5.88 Å². The average Bonchev–Trinajstić information content (AvgIpc) is 2.66. The number of nitrogens with zero attached hydrogens (tertiary/aromatic N) is 4. The van der Waals surface area contributed by atoms with Crippen molar-refractivity contribution in [3.8, 4) is 5.88 Å². The molecule has 0 aliphatic carbocycles. The summed E-state index contributed by atoms with van der Waals surface area (Å²) >= 11 is 0. The normalized spacial score (nSPS) is 10.4. The molecule has 0 atom stereocenters. The molecule has 2 aromatic rings. The highest BCUT2D eigenvalue weighted by molar-refractivity contribution is 5.95. The Labute approximate surface area is 78.4 Å². The fourth-order valence-corrected chi connectivity index (χ4v) is 1.06.